The number of thiocarbonyl (C=S) groups is 1. The largest absolute Gasteiger partial charge is 0.457 e. The fraction of sp³-hybridized carbons (Fsp3) is 0.167. The number of hydrogen-bond donors (Lipinski definition) is 2. The van der Waals surface area contributed by atoms with Gasteiger partial charge in [-0.1, -0.05) is 30.3 Å². The molecule has 10 heteroatoms. The van der Waals surface area contributed by atoms with Crippen LogP contribution in [0, 0.1) is 0 Å². The zero-order valence-electron chi connectivity index (χ0n) is 18.3. The van der Waals surface area contributed by atoms with Crippen molar-refractivity contribution in [2.45, 2.75) is 4.90 Å². The maximum absolute atomic E-state index is 12.7. The summed E-state index contributed by atoms with van der Waals surface area (Å²) in [6.07, 6.45) is 1.63. The van der Waals surface area contributed by atoms with Crippen LogP contribution in [-0.4, -0.2) is 50.4 Å². The van der Waals surface area contributed by atoms with Crippen molar-refractivity contribution in [2.24, 2.45) is 5.10 Å². The Bertz CT molecular complexity index is 1240. The summed E-state index contributed by atoms with van der Waals surface area (Å²) >= 11 is 5.27. The highest BCUT2D eigenvalue weighted by atomic mass is 32.2. The predicted octanol–water partition coefficient (Wildman–Crippen LogP) is 3.82. The van der Waals surface area contributed by atoms with Crippen LogP contribution in [0.15, 0.2) is 88.9 Å². The normalized spacial score (nSPS) is 14.6. The minimum absolute atomic E-state index is 0.231. The number of anilines is 1. The molecule has 1 heterocycles. The standard InChI is InChI=1S/C24H24N4O4S2/c29-34(30,28-13-15-31-16-14-28)23-11-9-20(10-12-23)26-24(33)27-25-18-19-5-4-8-22(17-19)32-21-6-2-1-3-7-21/h1-12,17-18H,13-16H2,(H2,26,27,33)/b25-18-. The summed E-state index contributed by atoms with van der Waals surface area (Å²) in [5, 5.41) is 7.41. The van der Waals surface area contributed by atoms with Gasteiger partial charge in [-0.25, -0.2) is 8.42 Å². The van der Waals surface area contributed by atoms with Gasteiger partial charge >= 0.3 is 0 Å². The van der Waals surface area contributed by atoms with Crippen LogP contribution in [0.4, 0.5) is 5.69 Å². The molecule has 0 atom stereocenters. The van der Waals surface area contributed by atoms with Gasteiger partial charge in [0.2, 0.25) is 10.0 Å². The minimum atomic E-state index is -3.53. The molecule has 0 bridgehead atoms. The first kappa shape index (κ1) is 23.8. The molecule has 0 saturated carbocycles. The Morgan fingerprint density at radius 3 is 2.41 bits per heavy atom. The van der Waals surface area contributed by atoms with E-state index in [1.54, 1.807) is 30.5 Å². The van der Waals surface area contributed by atoms with Gasteiger partial charge in [0, 0.05) is 18.8 Å². The average Bonchev–Trinajstić information content (AvgIpc) is 2.86. The van der Waals surface area contributed by atoms with Crippen LogP contribution >= 0.6 is 12.2 Å². The number of nitrogens with zero attached hydrogens (tertiary/aromatic N) is 2. The van der Waals surface area contributed by atoms with E-state index in [2.05, 4.69) is 15.8 Å². The van der Waals surface area contributed by atoms with Gasteiger partial charge in [0.15, 0.2) is 5.11 Å². The molecule has 1 aliphatic heterocycles. The maximum Gasteiger partial charge on any atom is 0.243 e. The molecule has 3 aromatic carbocycles. The molecular weight excluding hydrogens is 472 g/mol. The quantitative estimate of drug-likeness (QED) is 0.292. The van der Waals surface area contributed by atoms with E-state index in [1.165, 1.54) is 4.31 Å². The fourth-order valence-corrected chi connectivity index (χ4v) is 4.83. The molecule has 0 unspecified atom stereocenters. The second-order valence-corrected chi connectivity index (χ2v) is 9.70. The van der Waals surface area contributed by atoms with E-state index in [4.69, 9.17) is 21.7 Å². The number of ether oxygens (including phenoxy) is 2. The second-order valence-electron chi connectivity index (χ2n) is 7.35. The number of para-hydroxylation sites is 1. The number of hydrogen-bond acceptors (Lipinski definition) is 6. The molecule has 0 aliphatic carbocycles. The summed E-state index contributed by atoms with van der Waals surface area (Å²) < 4.78 is 37.9. The predicted molar refractivity (Wildman–Crippen MR) is 136 cm³/mol. The number of nitrogens with one attached hydrogen (secondary N) is 2. The number of sulfonamides is 1. The molecule has 1 fully saturated rings. The SMILES string of the molecule is O=S(=O)(c1ccc(NC(=S)N/N=C\c2cccc(Oc3ccccc3)c2)cc1)N1CCOCC1. The third-order valence-electron chi connectivity index (χ3n) is 4.94. The van der Waals surface area contributed by atoms with Crippen LogP contribution in [0.25, 0.3) is 0 Å². The van der Waals surface area contributed by atoms with Gasteiger partial charge in [0.05, 0.1) is 24.3 Å². The Labute approximate surface area is 204 Å². The Hall–Kier alpha value is -3.31. The molecule has 0 spiro atoms. The molecule has 0 amide bonds. The highest BCUT2D eigenvalue weighted by molar-refractivity contribution is 7.89. The van der Waals surface area contributed by atoms with E-state index < -0.39 is 10.0 Å². The summed E-state index contributed by atoms with van der Waals surface area (Å²) in [4.78, 5) is 0.231. The van der Waals surface area contributed by atoms with Crippen LogP contribution in [0.5, 0.6) is 11.5 Å². The maximum atomic E-state index is 12.7. The molecular formula is C24H24N4O4S2. The number of morpholine rings is 1. The van der Waals surface area contributed by atoms with Gasteiger partial charge in [-0.15, -0.1) is 0 Å². The molecule has 1 aliphatic rings. The van der Waals surface area contributed by atoms with Crippen LogP contribution in [0.1, 0.15) is 5.56 Å². The van der Waals surface area contributed by atoms with Crippen molar-refractivity contribution in [1.29, 1.82) is 0 Å². The monoisotopic (exact) mass is 496 g/mol. The van der Waals surface area contributed by atoms with Crippen molar-refractivity contribution in [2.75, 3.05) is 31.6 Å². The first-order chi connectivity index (χ1) is 16.5. The van der Waals surface area contributed by atoms with Gasteiger partial charge < -0.3 is 14.8 Å². The first-order valence-corrected chi connectivity index (χ1v) is 12.5. The fourth-order valence-electron chi connectivity index (χ4n) is 3.25. The summed E-state index contributed by atoms with van der Waals surface area (Å²) in [7, 11) is -3.53. The zero-order valence-corrected chi connectivity index (χ0v) is 19.9. The van der Waals surface area contributed by atoms with E-state index in [-0.39, 0.29) is 10.0 Å². The van der Waals surface area contributed by atoms with E-state index in [9.17, 15) is 8.42 Å². The van der Waals surface area contributed by atoms with Gasteiger partial charge in [-0.05, 0) is 66.3 Å². The van der Waals surface area contributed by atoms with Gasteiger partial charge in [0.1, 0.15) is 11.5 Å². The van der Waals surface area contributed by atoms with Crippen molar-refractivity contribution >= 4 is 39.3 Å². The summed E-state index contributed by atoms with van der Waals surface area (Å²) in [6.45, 7) is 1.53. The summed E-state index contributed by atoms with van der Waals surface area (Å²) in [6, 6.07) is 23.5. The third-order valence-corrected chi connectivity index (χ3v) is 7.04. The van der Waals surface area contributed by atoms with Crippen molar-refractivity contribution in [1.82, 2.24) is 9.73 Å². The van der Waals surface area contributed by atoms with Crippen LogP contribution < -0.4 is 15.5 Å². The van der Waals surface area contributed by atoms with E-state index in [1.807, 2.05) is 54.6 Å². The van der Waals surface area contributed by atoms with Crippen molar-refractivity contribution < 1.29 is 17.9 Å². The molecule has 0 radical (unpaired) electrons. The van der Waals surface area contributed by atoms with Crippen LogP contribution in [0.3, 0.4) is 0 Å². The second kappa shape index (κ2) is 11.2. The summed E-state index contributed by atoms with van der Waals surface area (Å²) in [5.41, 5.74) is 4.23. The Balaban J connectivity index is 1.30. The number of hydrazone groups is 1. The van der Waals surface area contributed by atoms with Crippen LogP contribution in [-0.2, 0) is 14.8 Å². The third kappa shape index (κ3) is 6.39. The van der Waals surface area contributed by atoms with Gasteiger partial charge in [-0.2, -0.15) is 9.41 Å². The lowest BCUT2D eigenvalue weighted by atomic mass is 10.2. The Morgan fingerprint density at radius 2 is 1.68 bits per heavy atom. The topological polar surface area (TPSA) is 92.3 Å². The van der Waals surface area contributed by atoms with E-state index in [0.717, 1.165) is 11.3 Å². The number of benzene rings is 3. The highest BCUT2D eigenvalue weighted by Crippen LogP contribution is 2.21. The Kier molecular flexibility index (Phi) is 7.86. The first-order valence-electron chi connectivity index (χ1n) is 10.6. The molecule has 34 heavy (non-hydrogen) atoms. The lowest BCUT2D eigenvalue weighted by molar-refractivity contribution is 0.0730. The lowest BCUT2D eigenvalue weighted by Crippen LogP contribution is -2.40. The van der Waals surface area contributed by atoms with E-state index in [0.29, 0.717) is 37.7 Å². The van der Waals surface area contributed by atoms with Crippen LogP contribution in [0.2, 0.25) is 0 Å². The minimum Gasteiger partial charge on any atom is -0.457 e. The lowest BCUT2D eigenvalue weighted by Gasteiger charge is -2.26. The molecule has 176 valence electrons. The van der Waals surface area contributed by atoms with E-state index >= 15 is 0 Å². The van der Waals surface area contributed by atoms with Crippen molar-refractivity contribution in [3.8, 4) is 11.5 Å². The summed E-state index contributed by atoms with van der Waals surface area (Å²) in [5.74, 6) is 1.45. The van der Waals surface area contributed by atoms with Gasteiger partial charge in [0.25, 0.3) is 0 Å². The van der Waals surface area contributed by atoms with Crippen molar-refractivity contribution in [3.05, 3.63) is 84.4 Å². The molecule has 3 aromatic rings. The average molecular weight is 497 g/mol. The number of rotatable bonds is 7. The zero-order chi connectivity index (χ0) is 23.8. The molecule has 8 nitrogen and oxygen atoms in total. The molecule has 4 rings (SSSR count). The smallest absolute Gasteiger partial charge is 0.243 e. The molecule has 1 saturated heterocycles. The van der Waals surface area contributed by atoms with Crippen molar-refractivity contribution in [3.63, 3.8) is 0 Å². The highest BCUT2D eigenvalue weighted by Gasteiger charge is 2.26. The Morgan fingerprint density at radius 1 is 0.971 bits per heavy atom. The molecule has 2 N–H and O–H groups in total. The van der Waals surface area contributed by atoms with Gasteiger partial charge in [-0.3, -0.25) is 5.43 Å². The molecule has 0 aromatic heterocycles.